The van der Waals surface area contributed by atoms with Gasteiger partial charge in [0.25, 0.3) is 11.8 Å². The molecule has 0 spiro atoms. The summed E-state index contributed by atoms with van der Waals surface area (Å²) in [7, 11) is 0. The number of aromatic nitrogens is 1. The second kappa shape index (κ2) is 7.81. The van der Waals surface area contributed by atoms with Gasteiger partial charge >= 0.3 is 0 Å². The molecule has 136 valence electrons. The number of rotatable bonds is 5. The van der Waals surface area contributed by atoms with Gasteiger partial charge in [0.05, 0.1) is 11.6 Å². The summed E-state index contributed by atoms with van der Waals surface area (Å²) in [5.41, 5.74) is 6.42. The number of nitriles is 1. The summed E-state index contributed by atoms with van der Waals surface area (Å²) in [4.78, 5) is 3.83. The molecule has 0 atom stereocenters. The van der Waals surface area contributed by atoms with Gasteiger partial charge in [-0.1, -0.05) is 18.2 Å². The van der Waals surface area contributed by atoms with Crippen LogP contribution in [0.4, 0.5) is 8.78 Å². The minimum atomic E-state index is -0.946. The van der Waals surface area contributed by atoms with E-state index in [1.807, 2.05) is 6.07 Å². The van der Waals surface area contributed by atoms with Crippen LogP contribution in [0.1, 0.15) is 16.7 Å². The van der Waals surface area contributed by atoms with Crippen molar-refractivity contribution in [3.05, 3.63) is 76.9 Å². The van der Waals surface area contributed by atoms with Crippen molar-refractivity contribution in [3.63, 3.8) is 0 Å². The average molecular weight is 367 g/mol. The minimum Gasteiger partial charge on any atom is -0.436 e. The molecule has 0 aliphatic rings. The standard InChI is InChI=1S/C20H15F2N3O2/c1-12-17(21)19(26-15-6-2-4-13(8-15)10-23)25-20(18(12)22)27-16-7-3-5-14(9-16)11-24/h2-9H,10,23H2,1H3. The molecular formula is C20H15F2N3O2. The van der Waals surface area contributed by atoms with Crippen LogP contribution in [0.25, 0.3) is 0 Å². The Morgan fingerprint density at radius 2 is 1.59 bits per heavy atom. The third kappa shape index (κ3) is 4.02. The zero-order valence-electron chi connectivity index (χ0n) is 14.4. The fraction of sp³-hybridized carbons (Fsp3) is 0.100. The van der Waals surface area contributed by atoms with E-state index in [0.717, 1.165) is 5.56 Å². The van der Waals surface area contributed by atoms with Gasteiger partial charge in [0.15, 0.2) is 11.6 Å². The van der Waals surface area contributed by atoms with E-state index < -0.39 is 23.4 Å². The fourth-order valence-corrected chi connectivity index (χ4v) is 2.33. The normalized spacial score (nSPS) is 10.3. The molecule has 0 amide bonds. The molecule has 27 heavy (non-hydrogen) atoms. The summed E-state index contributed by atoms with van der Waals surface area (Å²) < 4.78 is 39.7. The number of nitrogens with zero attached hydrogens (tertiary/aromatic N) is 2. The molecule has 0 unspecified atom stereocenters. The van der Waals surface area contributed by atoms with E-state index in [1.54, 1.807) is 36.4 Å². The van der Waals surface area contributed by atoms with Crippen LogP contribution in [0.3, 0.4) is 0 Å². The highest BCUT2D eigenvalue weighted by atomic mass is 19.1. The van der Waals surface area contributed by atoms with Crippen molar-refractivity contribution in [1.29, 1.82) is 5.26 Å². The van der Waals surface area contributed by atoms with Gasteiger partial charge in [0.1, 0.15) is 11.5 Å². The summed E-state index contributed by atoms with van der Waals surface area (Å²) in [6.45, 7) is 1.55. The van der Waals surface area contributed by atoms with E-state index in [4.69, 9.17) is 20.5 Å². The topological polar surface area (TPSA) is 81.2 Å². The molecule has 1 aromatic heterocycles. The molecule has 0 saturated carbocycles. The van der Waals surface area contributed by atoms with Gasteiger partial charge in [-0.15, -0.1) is 0 Å². The van der Waals surface area contributed by atoms with Crippen LogP contribution in [-0.4, -0.2) is 4.98 Å². The Hall–Kier alpha value is -3.50. The van der Waals surface area contributed by atoms with Gasteiger partial charge < -0.3 is 15.2 Å². The van der Waals surface area contributed by atoms with E-state index in [-0.39, 0.29) is 11.3 Å². The SMILES string of the molecule is Cc1c(F)c(Oc2cccc(C#N)c2)nc(Oc2cccc(CN)c2)c1F. The van der Waals surface area contributed by atoms with Gasteiger partial charge in [0.2, 0.25) is 0 Å². The third-order valence-corrected chi connectivity index (χ3v) is 3.76. The molecular weight excluding hydrogens is 352 g/mol. The highest BCUT2D eigenvalue weighted by Crippen LogP contribution is 2.33. The van der Waals surface area contributed by atoms with Gasteiger partial charge in [-0.25, -0.2) is 8.78 Å². The summed E-state index contributed by atoms with van der Waals surface area (Å²) in [5.74, 6) is -2.24. The highest BCUT2D eigenvalue weighted by molar-refractivity contribution is 5.41. The predicted octanol–water partition coefficient (Wildman–Crippen LogP) is 4.58. The van der Waals surface area contributed by atoms with Crippen LogP contribution in [-0.2, 0) is 6.54 Å². The van der Waals surface area contributed by atoms with Crippen LogP contribution in [0.2, 0.25) is 0 Å². The maximum absolute atomic E-state index is 14.4. The van der Waals surface area contributed by atoms with Crippen LogP contribution < -0.4 is 15.2 Å². The largest absolute Gasteiger partial charge is 0.436 e. The Morgan fingerprint density at radius 1 is 1.00 bits per heavy atom. The molecule has 3 rings (SSSR count). The predicted molar refractivity (Wildman–Crippen MR) is 94.5 cm³/mol. The smallest absolute Gasteiger partial charge is 0.259 e. The monoisotopic (exact) mass is 367 g/mol. The van der Waals surface area contributed by atoms with Gasteiger partial charge in [0, 0.05) is 12.1 Å². The lowest BCUT2D eigenvalue weighted by atomic mass is 10.2. The zero-order chi connectivity index (χ0) is 19.4. The molecule has 0 bridgehead atoms. The lowest BCUT2D eigenvalue weighted by molar-refractivity contribution is 0.372. The zero-order valence-corrected chi connectivity index (χ0v) is 14.4. The maximum Gasteiger partial charge on any atom is 0.259 e. The first-order chi connectivity index (χ1) is 13.0. The van der Waals surface area contributed by atoms with Crippen LogP contribution in [0.5, 0.6) is 23.3 Å². The summed E-state index contributed by atoms with van der Waals surface area (Å²) >= 11 is 0. The first-order valence-corrected chi connectivity index (χ1v) is 8.02. The summed E-state index contributed by atoms with van der Waals surface area (Å²) in [6.07, 6.45) is 0. The van der Waals surface area contributed by atoms with E-state index >= 15 is 0 Å². The molecule has 2 N–H and O–H groups in total. The molecule has 5 nitrogen and oxygen atoms in total. The van der Waals surface area contributed by atoms with Crippen molar-refractivity contribution in [3.8, 4) is 29.3 Å². The summed E-state index contributed by atoms with van der Waals surface area (Å²) in [6, 6.07) is 14.8. The number of hydrogen-bond acceptors (Lipinski definition) is 5. The first kappa shape index (κ1) is 18.3. The molecule has 3 aromatic rings. The van der Waals surface area contributed by atoms with E-state index in [9.17, 15) is 8.78 Å². The number of hydrogen-bond donors (Lipinski definition) is 1. The maximum atomic E-state index is 14.4. The quantitative estimate of drug-likeness (QED) is 0.714. The number of benzene rings is 2. The van der Waals surface area contributed by atoms with E-state index in [0.29, 0.717) is 17.9 Å². The fourth-order valence-electron chi connectivity index (χ4n) is 2.33. The Balaban J connectivity index is 1.96. The van der Waals surface area contributed by atoms with Crippen molar-refractivity contribution in [1.82, 2.24) is 4.98 Å². The number of nitrogens with two attached hydrogens (primary N) is 1. The first-order valence-electron chi connectivity index (χ1n) is 8.02. The second-order valence-corrected chi connectivity index (χ2v) is 5.67. The Morgan fingerprint density at radius 3 is 2.19 bits per heavy atom. The lowest BCUT2D eigenvalue weighted by Crippen LogP contribution is -2.03. The van der Waals surface area contributed by atoms with Crippen molar-refractivity contribution < 1.29 is 18.3 Å². The minimum absolute atomic E-state index is 0.197. The third-order valence-electron chi connectivity index (χ3n) is 3.76. The molecule has 0 radical (unpaired) electrons. The van der Waals surface area contributed by atoms with Crippen molar-refractivity contribution in [2.24, 2.45) is 5.73 Å². The molecule has 1 heterocycles. The van der Waals surface area contributed by atoms with Gasteiger partial charge in [-0.3, -0.25) is 0 Å². The number of pyridine rings is 1. The molecule has 7 heteroatoms. The van der Waals surface area contributed by atoms with Crippen molar-refractivity contribution in [2.45, 2.75) is 13.5 Å². The Bertz CT molecular complexity index is 1030. The summed E-state index contributed by atoms with van der Waals surface area (Å²) in [5, 5.41) is 8.94. The lowest BCUT2D eigenvalue weighted by Gasteiger charge is -2.12. The van der Waals surface area contributed by atoms with Gasteiger partial charge in [-0.05, 0) is 42.8 Å². The molecule has 2 aromatic carbocycles. The van der Waals surface area contributed by atoms with E-state index in [2.05, 4.69) is 4.98 Å². The van der Waals surface area contributed by atoms with Gasteiger partial charge in [-0.2, -0.15) is 10.2 Å². The van der Waals surface area contributed by atoms with Crippen LogP contribution in [0, 0.1) is 29.9 Å². The van der Waals surface area contributed by atoms with Crippen molar-refractivity contribution in [2.75, 3.05) is 0 Å². The average Bonchev–Trinajstić information content (AvgIpc) is 2.70. The van der Waals surface area contributed by atoms with E-state index in [1.165, 1.54) is 19.1 Å². The molecule has 0 saturated heterocycles. The molecule has 0 aliphatic carbocycles. The molecule has 0 fully saturated rings. The number of ether oxygens (including phenoxy) is 2. The number of halogens is 2. The highest BCUT2D eigenvalue weighted by Gasteiger charge is 2.21. The molecule has 0 aliphatic heterocycles. The van der Waals surface area contributed by atoms with Crippen LogP contribution in [0.15, 0.2) is 48.5 Å². The second-order valence-electron chi connectivity index (χ2n) is 5.67. The Kier molecular flexibility index (Phi) is 5.29. The Labute approximate surface area is 154 Å². The van der Waals surface area contributed by atoms with Crippen molar-refractivity contribution >= 4 is 0 Å². The van der Waals surface area contributed by atoms with Crippen LogP contribution >= 0.6 is 0 Å².